The van der Waals surface area contributed by atoms with Gasteiger partial charge in [-0.25, -0.2) is 0 Å². The Bertz CT molecular complexity index is 457. The second-order valence-corrected chi connectivity index (χ2v) is 9.56. The zero-order chi connectivity index (χ0) is 19.3. The standard InChI is InChI=1S/C21H42N4O/c1-8-22-20(24-18-14-25(15(2)3)13-16(18)4)23-12-17-10-9-11-26-19(17)21(5,6)7/h15-19H,8-14H2,1-7H3,(H2,22,23,24). The Balaban J connectivity index is 1.99. The first-order valence-corrected chi connectivity index (χ1v) is 10.6. The average Bonchev–Trinajstić information content (AvgIpc) is 2.93. The lowest BCUT2D eigenvalue weighted by molar-refractivity contribution is -0.0823. The molecule has 2 saturated heterocycles. The lowest BCUT2D eigenvalue weighted by Gasteiger charge is -2.39. The number of guanidine groups is 1. The fourth-order valence-electron chi connectivity index (χ4n) is 4.31. The van der Waals surface area contributed by atoms with Crippen molar-refractivity contribution in [3.05, 3.63) is 0 Å². The Morgan fingerprint density at radius 1 is 1.27 bits per heavy atom. The van der Waals surface area contributed by atoms with Gasteiger partial charge < -0.3 is 15.4 Å². The molecule has 0 aromatic carbocycles. The van der Waals surface area contributed by atoms with Crippen molar-refractivity contribution in [2.75, 3.05) is 32.8 Å². The number of likely N-dealkylation sites (tertiary alicyclic amines) is 1. The van der Waals surface area contributed by atoms with E-state index in [9.17, 15) is 0 Å². The van der Waals surface area contributed by atoms with Crippen LogP contribution >= 0.6 is 0 Å². The summed E-state index contributed by atoms with van der Waals surface area (Å²) in [5.41, 5.74) is 0.171. The van der Waals surface area contributed by atoms with E-state index in [2.05, 4.69) is 64.0 Å². The summed E-state index contributed by atoms with van der Waals surface area (Å²) < 4.78 is 6.12. The first-order chi connectivity index (χ1) is 12.2. The Labute approximate surface area is 161 Å². The van der Waals surface area contributed by atoms with Crippen LogP contribution in [0.5, 0.6) is 0 Å². The van der Waals surface area contributed by atoms with Crippen LogP contribution in [-0.4, -0.2) is 61.8 Å². The minimum absolute atomic E-state index is 0.171. The van der Waals surface area contributed by atoms with Gasteiger partial charge in [0.15, 0.2) is 5.96 Å². The van der Waals surface area contributed by atoms with Gasteiger partial charge in [-0.1, -0.05) is 27.7 Å². The first-order valence-electron chi connectivity index (χ1n) is 10.6. The lowest BCUT2D eigenvalue weighted by atomic mass is 9.78. The van der Waals surface area contributed by atoms with Crippen molar-refractivity contribution >= 4 is 5.96 Å². The van der Waals surface area contributed by atoms with Crippen LogP contribution in [0.3, 0.4) is 0 Å². The van der Waals surface area contributed by atoms with Crippen molar-refractivity contribution in [2.45, 2.75) is 79.5 Å². The van der Waals surface area contributed by atoms with Crippen molar-refractivity contribution in [1.82, 2.24) is 15.5 Å². The second-order valence-electron chi connectivity index (χ2n) is 9.56. The minimum atomic E-state index is 0.171. The summed E-state index contributed by atoms with van der Waals surface area (Å²) in [6.07, 6.45) is 2.66. The van der Waals surface area contributed by atoms with E-state index in [1.54, 1.807) is 0 Å². The summed E-state index contributed by atoms with van der Waals surface area (Å²) >= 11 is 0. The van der Waals surface area contributed by atoms with Gasteiger partial charge in [0, 0.05) is 50.8 Å². The van der Waals surface area contributed by atoms with Gasteiger partial charge in [0.2, 0.25) is 0 Å². The number of aliphatic imine (C=N–C) groups is 1. The smallest absolute Gasteiger partial charge is 0.191 e. The minimum Gasteiger partial charge on any atom is -0.377 e. The molecule has 0 aliphatic carbocycles. The van der Waals surface area contributed by atoms with Crippen molar-refractivity contribution in [3.63, 3.8) is 0 Å². The zero-order valence-electron chi connectivity index (χ0n) is 18.1. The number of rotatable bonds is 5. The molecule has 2 aliphatic rings. The topological polar surface area (TPSA) is 48.9 Å². The van der Waals surface area contributed by atoms with Crippen LogP contribution in [0.1, 0.15) is 61.3 Å². The molecule has 5 nitrogen and oxygen atoms in total. The number of nitrogens with one attached hydrogen (secondary N) is 2. The molecule has 5 heteroatoms. The third-order valence-corrected chi connectivity index (χ3v) is 5.82. The zero-order valence-corrected chi connectivity index (χ0v) is 18.1. The summed E-state index contributed by atoms with van der Waals surface area (Å²) in [5.74, 6) is 2.11. The molecule has 2 fully saturated rings. The molecule has 4 unspecified atom stereocenters. The van der Waals surface area contributed by atoms with Crippen molar-refractivity contribution in [3.8, 4) is 0 Å². The first kappa shape index (κ1) is 21.5. The van der Waals surface area contributed by atoms with Gasteiger partial charge in [-0.2, -0.15) is 0 Å². The lowest BCUT2D eigenvalue weighted by Crippen LogP contribution is -2.47. The van der Waals surface area contributed by atoms with Crippen LogP contribution in [0.2, 0.25) is 0 Å². The van der Waals surface area contributed by atoms with Crippen LogP contribution in [0.25, 0.3) is 0 Å². The summed E-state index contributed by atoms with van der Waals surface area (Å²) in [4.78, 5) is 7.52. The van der Waals surface area contributed by atoms with E-state index in [1.807, 2.05) is 0 Å². The van der Waals surface area contributed by atoms with Gasteiger partial charge in [0.05, 0.1) is 6.10 Å². The van der Waals surface area contributed by atoms with E-state index in [0.717, 1.165) is 45.2 Å². The van der Waals surface area contributed by atoms with Crippen LogP contribution in [0.4, 0.5) is 0 Å². The maximum atomic E-state index is 6.12. The highest BCUT2D eigenvalue weighted by Gasteiger charge is 2.35. The molecule has 152 valence electrons. The molecule has 4 atom stereocenters. The molecule has 0 spiro atoms. The maximum Gasteiger partial charge on any atom is 0.191 e. The van der Waals surface area contributed by atoms with E-state index in [-0.39, 0.29) is 5.41 Å². The maximum absolute atomic E-state index is 6.12. The molecule has 0 bridgehead atoms. The summed E-state index contributed by atoms with van der Waals surface area (Å²) in [6.45, 7) is 20.8. The quantitative estimate of drug-likeness (QED) is 0.580. The number of hydrogen-bond acceptors (Lipinski definition) is 3. The van der Waals surface area contributed by atoms with Crippen LogP contribution in [0, 0.1) is 17.3 Å². The van der Waals surface area contributed by atoms with Gasteiger partial charge in [-0.3, -0.25) is 9.89 Å². The van der Waals surface area contributed by atoms with E-state index in [0.29, 0.717) is 30.0 Å². The molecule has 26 heavy (non-hydrogen) atoms. The monoisotopic (exact) mass is 366 g/mol. The molecule has 2 aliphatic heterocycles. The molecular weight excluding hydrogens is 324 g/mol. The third-order valence-electron chi connectivity index (χ3n) is 5.82. The summed E-state index contributed by atoms with van der Waals surface area (Å²) in [7, 11) is 0. The third kappa shape index (κ3) is 5.85. The summed E-state index contributed by atoms with van der Waals surface area (Å²) in [5, 5.41) is 7.15. The summed E-state index contributed by atoms with van der Waals surface area (Å²) in [6, 6.07) is 1.08. The fraction of sp³-hybridized carbons (Fsp3) is 0.952. The molecule has 2 heterocycles. The van der Waals surface area contributed by atoms with Gasteiger partial charge >= 0.3 is 0 Å². The van der Waals surface area contributed by atoms with Crippen LogP contribution in [0.15, 0.2) is 4.99 Å². The highest BCUT2D eigenvalue weighted by atomic mass is 16.5. The van der Waals surface area contributed by atoms with Crippen LogP contribution in [-0.2, 0) is 4.74 Å². The van der Waals surface area contributed by atoms with Crippen molar-refractivity contribution in [1.29, 1.82) is 0 Å². The van der Waals surface area contributed by atoms with E-state index in [4.69, 9.17) is 9.73 Å². The Morgan fingerprint density at radius 3 is 2.58 bits per heavy atom. The Kier molecular flexibility index (Phi) is 7.77. The second kappa shape index (κ2) is 9.41. The largest absolute Gasteiger partial charge is 0.377 e. The van der Waals surface area contributed by atoms with E-state index >= 15 is 0 Å². The Morgan fingerprint density at radius 2 is 2.00 bits per heavy atom. The van der Waals surface area contributed by atoms with E-state index in [1.165, 1.54) is 6.42 Å². The number of ether oxygens (including phenoxy) is 1. The van der Waals surface area contributed by atoms with Crippen molar-refractivity contribution < 1.29 is 4.74 Å². The molecule has 0 aromatic heterocycles. The highest BCUT2D eigenvalue weighted by Crippen LogP contribution is 2.34. The predicted molar refractivity (Wildman–Crippen MR) is 111 cm³/mol. The number of hydrogen-bond donors (Lipinski definition) is 2. The normalized spacial score (nSPS) is 31.5. The Hall–Kier alpha value is -0.810. The van der Waals surface area contributed by atoms with Gasteiger partial charge in [-0.05, 0) is 44.9 Å². The number of nitrogens with zero attached hydrogens (tertiary/aromatic N) is 2. The fourth-order valence-corrected chi connectivity index (χ4v) is 4.31. The molecule has 0 saturated carbocycles. The van der Waals surface area contributed by atoms with Gasteiger partial charge in [0.25, 0.3) is 0 Å². The SMILES string of the molecule is CCNC(=NCC1CCCOC1C(C)(C)C)NC1CN(C(C)C)CC1C. The molecule has 2 rings (SSSR count). The molecular formula is C21H42N4O. The average molecular weight is 367 g/mol. The highest BCUT2D eigenvalue weighted by molar-refractivity contribution is 5.80. The van der Waals surface area contributed by atoms with E-state index < -0.39 is 0 Å². The van der Waals surface area contributed by atoms with Crippen molar-refractivity contribution in [2.24, 2.45) is 22.2 Å². The van der Waals surface area contributed by atoms with Gasteiger partial charge in [0.1, 0.15) is 0 Å². The van der Waals surface area contributed by atoms with Crippen LogP contribution < -0.4 is 10.6 Å². The molecule has 0 amide bonds. The molecule has 2 N–H and O–H groups in total. The predicted octanol–water partition coefficient (Wildman–Crippen LogP) is 3.11. The molecule has 0 aromatic rings. The molecule has 0 radical (unpaired) electrons. The van der Waals surface area contributed by atoms with Gasteiger partial charge in [-0.15, -0.1) is 0 Å².